The van der Waals surface area contributed by atoms with Crippen LogP contribution in [-0.4, -0.2) is 50.5 Å². The average Bonchev–Trinajstić information content (AvgIpc) is 2.74. The van der Waals surface area contributed by atoms with Gasteiger partial charge in [0.05, 0.1) is 11.9 Å². The summed E-state index contributed by atoms with van der Waals surface area (Å²) in [5.74, 6) is -0.842. The summed E-state index contributed by atoms with van der Waals surface area (Å²) in [6.07, 6.45) is 2.75. The smallest absolute Gasteiger partial charge is 0.244 e. The maximum Gasteiger partial charge on any atom is 0.244 e. The summed E-state index contributed by atoms with van der Waals surface area (Å²) in [4.78, 5) is 27.5. The predicted molar refractivity (Wildman–Crippen MR) is 133 cm³/mol. The summed E-state index contributed by atoms with van der Waals surface area (Å²) in [5.41, 5.74) is 0.985. The van der Waals surface area contributed by atoms with Gasteiger partial charge in [0, 0.05) is 23.1 Å². The molecule has 7 nitrogen and oxygen atoms in total. The Balaban J connectivity index is 2.34. The SMILES string of the molecule is CCCCNC(=O)[C@@H](C)N(Cc1cccc(Cl)c1)C(=O)CN(c1cccc(Cl)c1)S(C)(=O)=O. The lowest BCUT2D eigenvalue weighted by atomic mass is 10.1. The van der Waals surface area contributed by atoms with E-state index in [1.54, 1.807) is 49.4 Å². The van der Waals surface area contributed by atoms with E-state index in [9.17, 15) is 18.0 Å². The molecule has 33 heavy (non-hydrogen) atoms. The summed E-state index contributed by atoms with van der Waals surface area (Å²) in [6.45, 7) is 3.74. The second kappa shape index (κ2) is 12.3. The van der Waals surface area contributed by atoms with E-state index < -0.39 is 28.5 Å². The van der Waals surface area contributed by atoms with Gasteiger partial charge in [-0.05, 0) is 49.2 Å². The van der Waals surface area contributed by atoms with Gasteiger partial charge in [-0.15, -0.1) is 0 Å². The maximum absolute atomic E-state index is 13.4. The van der Waals surface area contributed by atoms with E-state index in [1.165, 1.54) is 11.0 Å². The molecule has 0 saturated carbocycles. The number of rotatable bonds is 11. The van der Waals surface area contributed by atoms with Gasteiger partial charge in [0.2, 0.25) is 21.8 Å². The number of carbonyl (C=O) groups is 2. The molecule has 0 radical (unpaired) electrons. The van der Waals surface area contributed by atoms with Crippen molar-refractivity contribution in [3.05, 3.63) is 64.1 Å². The van der Waals surface area contributed by atoms with Crippen LogP contribution in [0.1, 0.15) is 32.3 Å². The van der Waals surface area contributed by atoms with Gasteiger partial charge in [-0.1, -0.05) is 54.7 Å². The van der Waals surface area contributed by atoms with Crippen LogP contribution in [0.4, 0.5) is 5.69 Å². The van der Waals surface area contributed by atoms with Crippen LogP contribution in [0.2, 0.25) is 10.0 Å². The lowest BCUT2D eigenvalue weighted by Crippen LogP contribution is -2.51. The van der Waals surface area contributed by atoms with Crippen molar-refractivity contribution < 1.29 is 18.0 Å². The average molecular weight is 514 g/mol. The Hall–Kier alpha value is -2.29. The quantitative estimate of drug-likeness (QED) is 0.458. The lowest BCUT2D eigenvalue weighted by Gasteiger charge is -2.31. The zero-order valence-corrected chi connectivity index (χ0v) is 21.3. The number of amides is 2. The second-order valence-electron chi connectivity index (χ2n) is 7.72. The Morgan fingerprint density at radius 2 is 1.70 bits per heavy atom. The van der Waals surface area contributed by atoms with Crippen molar-refractivity contribution in [2.24, 2.45) is 0 Å². The van der Waals surface area contributed by atoms with Gasteiger partial charge >= 0.3 is 0 Å². The molecule has 0 fully saturated rings. The van der Waals surface area contributed by atoms with Crippen LogP contribution in [0.5, 0.6) is 0 Å². The van der Waals surface area contributed by atoms with E-state index >= 15 is 0 Å². The van der Waals surface area contributed by atoms with Crippen LogP contribution in [0.3, 0.4) is 0 Å². The van der Waals surface area contributed by atoms with Crippen molar-refractivity contribution in [1.82, 2.24) is 10.2 Å². The number of benzene rings is 2. The molecule has 0 aliphatic heterocycles. The van der Waals surface area contributed by atoms with E-state index in [4.69, 9.17) is 23.2 Å². The zero-order chi connectivity index (χ0) is 24.6. The molecule has 1 N–H and O–H groups in total. The fraction of sp³-hybridized carbons (Fsp3) is 0.391. The minimum absolute atomic E-state index is 0.0922. The number of halogens is 2. The molecule has 1 atom stereocenters. The van der Waals surface area contributed by atoms with Crippen LogP contribution < -0.4 is 9.62 Å². The summed E-state index contributed by atoms with van der Waals surface area (Å²) in [6, 6.07) is 12.4. The van der Waals surface area contributed by atoms with Gasteiger partial charge in [-0.3, -0.25) is 13.9 Å². The maximum atomic E-state index is 13.4. The van der Waals surface area contributed by atoms with Crippen molar-refractivity contribution in [3.8, 4) is 0 Å². The fourth-order valence-corrected chi connectivity index (χ4v) is 4.43. The number of hydrogen-bond acceptors (Lipinski definition) is 4. The van der Waals surface area contributed by atoms with Gasteiger partial charge in [0.15, 0.2) is 0 Å². The molecular weight excluding hydrogens is 485 g/mol. The lowest BCUT2D eigenvalue weighted by molar-refractivity contribution is -0.139. The van der Waals surface area contributed by atoms with Crippen LogP contribution in [0.15, 0.2) is 48.5 Å². The highest BCUT2D eigenvalue weighted by Crippen LogP contribution is 2.23. The number of nitrogens with one attached hydrogen (secondary N) is 1. The van der Waals surface area contributed by atoms with E-state index in [0.717, 1.165) is 29.0 Å². The number of carbonyl (C=O) groups excluding carboxylic acids is 2. The molecule has 10 heteroatoms. The van der Waals surface area contributed by atoms with Crippen molar-refractivity contribution in [1.29, 1.82) is 0 Å². The van der Waals surface area contributed by atoms with E-state index in [0.29, 0.717) is 16.6 Å². The van der Waals surface area contributed by atoms with Gasteiger partial charge in [-0.25, -0.2) is 8.42 Å². The molecule has 0 aliphatic rings. The molecule has 2 aromatic rings. The third-order valence-corrected chi connectivity index (χ3v) is 6.62. The van der Waals surface area contributed by atoms with E-state index in [1.807, 2.05) is 6.92 Å². The van der Waals surface area contributed by atoms with Crippen molar-refractivity contribution >= 4 is 50.7 Å². The minimum atomic E-state index is -3.80. The molecular formula is C23H29Cl2N3O4S. The number of anilines is 1. The predicted octanol–water partition coefficient (Wildman–Crippen LogP) is 4.09. The van der Waals surface area contributed by atoms with Crippen LogP contribution in [-0.2, 0) is 26.2 Å². The van der Waals surface area contributed by atoms with E-state index in [2.05, 4.69) is 5.32 Å². The standard InChI is InChI=1S/C23H29Cl2N3O4S/c1-4-5-12-26-23(30)17(2)27(15-18-8-6-9-19(24)13-18)22(29)16-28(33(3,31)32)21-11-7-10-20(25)14-21/h6-11,13-14,17H,4-5,12,15-16H2,1-3H3,(H,26,30)/t17-/m1/s1. The van der Waals surface area contributed by atoms with Gasteiger partial charge < -0.3 is 10.2 Å². The fourth-order valence-electron chi connectivity index (χ4n) is 3.20. The van der Waals surface area contributed by atoms with Crippen LogP contribution in [0.25, 0.3) is 0 Å². The Labute approximate surface area is 205 Å². The summed E-state index contributed by atoms with van der Waals surface area (Å²) in [7, 11) is -3.80. The number of sulfonamides is 1. The molecule has 0 unspecified atom stereocenters. The Morgan fingerprint density at radius 3 is 2.27 bits per heavy atom. The molecule has 0 heterocycles. The number of unbranched alkanes of at least 4 members (excludes halogenated alkanes) is 1. The molecule has 180 valence electrons. The normalized spacial score (nSPS) is 12.2. The second-order valence-corrected chi connectivity index (χ2v) is 10.5. The summed E-state index contributed by atoms with van der Waals surface area (Å²) < 4.78 is 26.0. The molecule has 0 saturated heterocycles. The van der Waals surface area contributed by atoms with Crippen LogP contribution >= 0.6 is 23.2 Å². The molecule has 2 amide bonds. The third-order valence-electron chi connectivity index (χ3n) is 5.01. The first kappa shape index (κ1) is 27.0. The highest BCUT2D eigenvalue weighted by atomic mass is 35.5. The van der Waals surface area contributed by atoms with Crippen molar-refractivity contribution in [2.75, 3.05) is 23.7 Å². The third kappa shape index (κ3) is 8.21. The number of hydrogen-bond donors (Lipinski definition) is 1. The summed E-state index contributed by atoms with van der Waals surface area (Å²) in [5, 5.41) is 3.67. The highest BCUT2D eigenvalue weighted by Gasteiger charge is 2.30. The number of nitrogens with zero attached hydrogens (tertiary/aromatic N) is 2. The van der Waals surface area contributed by atoms with Gasteiger partial charge in [0.1, 0.15) is 12.6 Å². The molecule has 0 aromatic heterocycles. The topological polar surface area (TPSA) is 86.8 Å². The molecule has 0 spiro atoms. The van der Waals surface area contributed by atoms with Crippen molar-refractivity contribution in [3.63, 3.8) is 0 Å². The molecule has 0 bridgehead atoms. The molecule has 0 aliphatic carbocycles. The summed E-state index contributed by atoms with van der Waals surface area (Å²) >= 11 is 12.1. The Bertz CT molecular complexity index is 1080. The largest absolute Gasteiger partial charge is 0.354 e. The molecule has 2 rings (SSSR count). The van der Waals surface area contributed by atoms with Crippen molar-refractivity contribution in [2.45, 2.75) is 39.3 Å². The van der Waals surface area contributed by atoms with E-state index in [-0.39, 0.29) is 18.1 Å². The first-order valence-electron chi connectivity index (χ1n) is 10.6. The van der Waals surface area contributed by atoms with Gasteiger partial charge in [-0.2, -0.15) is 0 Å². The zero-order valence-electron chi connectivity index (χ0n) is 18.9. The monoisotopic (exact) mass is 513 g/mol. The highest BCUT2D eigenvalue weighted by molar-refractivity contribution is 7.92. The minimum Gasteiger partial charge on any atom is -0.354 e. The first-order valence-corrected chi connectivity index (χ1v) is 13.2. The van der Waals surface area contributed by atoms with Crippen LogP contribution in [0, 0.1) is 0 Å². The molecule has 2 aromatic carbocycles. The Kier molecular flexibility index (Phi) is 10.0. The first-order chi connectivity index (χ1) is 15.5. The van der Waals surface area contributed by atoms with Gasteiger partial charge in [0.25, 0.3) is 0 Å². The Morgan fingerprint density at radius 1 is 1.06 bits per heavy atom.